The molecule has 0 aliphatic rings. The van der Waals surface area contributed by atoms with Gasteiger partial charge in [0.05, 0.1) is 0 Å². The fraction of sp³-hybridized carbons (Fsp3) is 0.333. The summed E-state index contributed by atoms with van der Waals surface area (Å²) in [6, 6.07) is 0. The molecule has 0 nitrogen and oxygen atoms in total. The fourth-order valence-corrected chi connectivity index (χ4v) is 0.228. The minimum Gasteiger partial charge on any atom is -0.0591 e. The van der Waals surface area contributed by atoms with Gasteiger partial charge in [0.1, 0.15) is 0 Å². The summed E-state index contributed by atoms with van der Waals surface area (Å²) >= 11 is 0. The Bertz CT molecular complexity index is 68.1. The molecule has 0 aromatic rings. The Kier molecular flexibility index (Phi) is 2.47. The lowest BCUT2D eigenvalue weighted by Crippen LogP contribution is -1.55. The van der Waals surface area contributed by atoms with Crippen LogP contribution >= 0.6 is 0 Å². The summed E-state index contributed by atoms with van der Waals surface area (Å²) < 4.78 is 0. The van der Waals surface area contributed by atoms with Crippen molar-refractivity contribution in [3.63, 3.8) is 0 Å². The van der Waals surface area contributed by atoms with Crippen molar-refractivity contribution >= 4 is 0 Å². The zero-order valence-corrected chi connectivity index (χ0v) is 4.15. The van der Waals surface area contributed by atoms with Crippen molar-refractivity contribution in [1.82, 2.24) is 0 Å². The van der Waals surface area contributed by atoms with Crippen molar-refractivity contribution in [1.29, 1.82) is 0 Å². The minimum atomic E-state index is 0.803. The minimum absolute atomic E-state index is 0.803. The highest BCUT2D eigenvalue weighted by Gasteiger charge is 1.64. The zero-order chi connectivity index (χ0) is 4.99. The van der Waals surface area contributed by atoms with E-state index in [9.17, 15) is 0 Å². The van der Waals surface area contributed by atoms with E-state index in [0.29, 0.717) is 0 Å². The number of allylic oxidation sites excluding steroid dienone is 3. The van der Waals surface area contributed by atoms with Crippen molar-refractivity contribution in [2.45, 2.75) is 13.8 Å². The first-order chi connectivity index (χ1) is 2.77. The Balaban J connectivity index is 3.30. The Morgan fingerprint density at radius 1 is 1.83 bits per heavy atom. The summed E-state index contributed by atoms with van der Waals surface area (Å²) in [6.07, 6.45) is 4.52. The highest BCUT2D eigenvalue weighted by Crippen LogP contribution is 1.84. The molecule has 0 bridgehead atoms. The third-order valence-corrected chi connectivity index (χ3v) is 0.372. The Hall–Kier alpha value is -0.520. The van der Waals surface area contributed by atoms with Crippen LogP contribution in [-0.4, -0.2) is 0 Å². The van der Waals surface area contributed by atoms with Gasteiger partial charge in [-0.1, -0.05) is 18.2 Å². The van der Waals surface area contributed by atoms with E-state index < -0.39 is 0 Å². The van der Waals surface area contributed by atoms with Crippen LogP contribution in [0.1, 0.15) is 13.8 Å². The first kappa shape index (κ1) is 5.48. The smallest absolute Gasteiger partial charge is 0.0395 e. The monoisotopic (exact) mass is 80.1 g/mol. The van der Waals surface area contributed by atoms with E-state index in [2.05, 4.69) is 6.08 Å². The molecule has 0 aromatic heterocycles. The predicted octanol–water partition coefficient (Wildman–Crippen LogP) is 1.74. The molecule has 0 atom stereocenters. The average molecular weight is 80.1 g/mol. The lowest BCUT2D eigenvalue weighted by Gasteiger charge is -1.74. The van der Waals surface area contributed by atoms with E-state index in [1.807, 2.05) is 13.8 Å². The van der Waals surface area contributed by atoms with Crippen LogP contribution in [-0.2, 0) is 0 Å². The van der Waals surface area contributed by atoms with Gasteiger partial charge in [0.15, 0.2) is 0 Å². The largest absolute Gasteiger partial charge is 0.0591 e. The van der Waals surface area contributed by atoms with E-state index >= 15 is 0 Å². The molecule has 6 heavy (non-hydrogen) atoms. The molecule has 0 amide bonds. The lowest BCUT2D eigenvalue weighted by atomic mass is 10.3. The van der Waals surface area contributed by atoms with Gasteiger partial charge < -0.3 is 0 Å². The number of rotatable bonds is 1. The summed E-state index contributed by atoms with van der Waals surface area (Å²) in [5, 5.41) is 0. The van der Waals surface area contributed by atoms with Crippen molar-refractivity contribution in [2.75, 3.05) is 0 Å². The molecule has 0 saturated carbocycles. The van der Waals surface area contributed by atoms with Gasteiger partial charge in [-0.3, -0.25) is 0 Å². The second-order valence-corrected chi connectivity index (χ2v) is 1.18. The molecule has 0 unspecified atom stereocenters. The highest BCUT2D eigenvalue weighted by atomic mass is 13.7. The first-order valence-electron chi connectivity index (χ1n) is 1.87. The summed E-state index contributed by atoms with van der Waals surface area (Å²) in [5.41, 5.74) is 0.803. The Labute approximate surface area is 39.2 Å². The molecule has 0 N–H and O–H groups in total. The quantitative estimate of drug-likeness (QED) is 0.421. The van der Waals surface area contributed by atoms with Gasteiger partial charge in [0, 0.05) is 0 Å². The van der Waals surface area contributed by atoms with Crippen LogP contribution in [0.15, 0.2) is 11.6 Å². The third kappa shape index (κ3) is 3.48. The third-order valence-electron chi connectivity index (χ3n) is 0.372. The van der Waals surface area contributed by atoms with Crippen LogP contribution in [0, 0.1) is 12.7 Å². The Morgan fingerprint density at radius 2 is 2.33 bits per heavy atom. The molecule has 2 radical (unpaired) electrons. The second kappa shape index (κ2) is 2.70. The highest BCUT2D eigenvalue weighted by molar-refractivity contribution is 5.04. The van der Waals surface area contributed by atoms with Gasteiger partial charge in [-0.2, -0.15) is 0 Å². The molecule has 32 valence electrons. The maximum Gasteiger partial charge on any atom is -0.0395 e. The molecule has 0 fully saturated rings. The molecule has 0 heterocycles. The van der Waals surface area contributed by atoms with Gasteiger partial charge >= 0.3 is 0 Å². The standard InChI is InChI=1S/C6H8/c1-4-5-6(2)3/h2,5H,1,3H3. The molecule has 0 spiro atoms. The maximum absolute atomic E-state index is 5.20. The summed E-state index contributed by atoms with van der Waals surface area (Å²) in [7, 11) is 0. The molecule has 0 heteroatoms. The molecular weight excluding hydrogens is 72.1 g/mol. The summed E-state index contributed by atoms with van der Waals surface area (Å²) in [4.78, 5) is 0. The van der Waals surface area contributed by atoms with Crippen molar-refractivity contribution < 1.29 is 0 Å². The van der Waals surface area contributed by atoms with Crippen LogP contribution < -0.4 is 0 Å². The van der Waals surface area contributed by atoms with Crippen LogP contribution in [0.4, 0.5) is 0 Å². The number of hydrogen-bond acceptors (Lipinski definition) is 0. The summed E-state index contributed by atoms with van der Waals surface area (Å²) in [5.74, 6) is 0. The van der Waals surface area contributed by atoms with Crippen molar-refractivity contribution in [3.8, 4) is 0 Å². The van der Waals surface area contributed by atoms with E-state index in [1.54, 1.807) is 6.08 Å². The lowest BCUT2D eigenvalue weighted by molar-refractivity contribution is 1.50. The van der Waals surface area contributed by atoms with Gasteiger partial charge in [-0.25, -0.2) is 0 Å². The van der Waals surface area contributed by atoms with E-state index in [0.717, 1.165) is 5.57 Å². The summed E-state index contributed by atoms with van der Waals surface area (Å²) in [6.45, 7) is 8.85. The molecular formula is C6H8. The Morgan fingerprint density at radius 3 is 2.33 bits per heavy atom. The van der Waals surface area contributed by atoms with Crippen LogP contribution in [0.25, 0.3) is 0 Å². The van der Waals surface area contributed by atoms with Crippen molar-refractivity contribution in [2.24, 2.45) is 0 Å². The predicted molar refractivity (Wildman–Crippen MR) is 27.0 cm³/mol. The van der Waals surface area contributed by atoms with E-state index in [4.69, 9.17) is 6.58 Å². The fourth-order valence-electron chi connectivity index (χ4n) is 0.228. The van der Waals surface area contributed by atoms with Crippen LogP contribution in [0.2, 0.25) is 0 Å². The zero-order valence-electron chi connectivity index (χ0n) is 4.15. The second-order valence-electron chi connectivity index (χ2n) is 1.18. The first-order valence-corrected chi connectivity index (χ1v) is 1.87. The molecule has 0 aromatic carbocycles. The topological polar surface area (TPSA) is 0 Å². The van der Waals surface area contributed by atoms with Gasteiger partial charge in [-0.15, -0.1) is 0 Å². The van der Waals surface area contributed by atoms with E-state index in [-0.39, 0.29) is 0 Å². The molecule has 0 saturated heterocycles. The van der Waals surface area contributed by atoms with E-state index in [1.165, 1.54) is 0 Å². The van der Waals surface area contributed by atoms with Crippen LogP contribution in [0.5, 0.6) is 0 Å². The maximum atomic E-state index is 5.20. The number of hydrogen-bond donors (Lipinski definition) is 0. The van der Waals surface area contributed by atoms with Gasteiger partial charge in [0.2, 0.25) is 0 Å². The van der Waals surface area contributed by atoms with Gasteiger partial charge in [0.25, 0.3) is 0 Å². The van der Waals surface area contributed by atoms with Crippen LogP contribution in [0.3, 0.4) is 0 Å². The molecule has 0 rings (SSSR count). The molecule has 0 aliphatic carbocycles. The SMILES string of the molecule is [CH]=C(C)/C=[C]/C. The van der Waals surface area contributed by atoms with Crippen molar-refractivity contribution in [3.05, 3.63) is 24.3 Å². The normalized spacial score (nSPS) is 9.67. The molecule has 0 aliphatic heterocycles. The average Bonchev–Trinajstić information content (AvgIpc) is 1.35. The van der Waals surface area contributed by atoms with Gasteiger partial charge in [-0.05, 0) is 19.9 Å².